The Morgan fingerprint density at radius 3 is 2.90 bits per heavy atom. The van der Waals surface area contributed by atoms with Crippen LogP contribution >= 0.6 is 15.9 Å². The summed E-state index contributed by atoms with van der Waals surface area (Å²) in [7, 11) is 0. The van der Waals surface area contributed by atoms with E-state index in [4.69, 9.17) is 0 Å². The largest absolute Gasteiger partial charge is 0.363 e. The Labute approximate surface area is 134 Å². The number of anilines is 1. The van der Waals surface area contributed by atoms with Crippen molar-refractivity contribution in [3.05, 3.63) is 33.7 Å². The van der Waals surface area contributed by atoms with E-state index in [1.807, 2.05) is 0 Å². The summed E-state index contributed by atoms with van der Waals surface area (Å²) in [5, 5.41) is 7.83. The number of nitrogens with zero attached hydrogens (tertiary/aromatic N) is 3. The van der Waals surface area contributed by atoms with Gasteiger partial charge in [-0.2, -0.15) is 5.10 Å². The van der Waals surface area contributed by atoms with Gasteiger partial charge >= 0.3 is 0 Å². The van der Waals surface area contributed by atoms with Crippen LogP contribution in [0.2, 0.25) is 0 Å². The second-order valence-corrected chi connectivity index (χ2v) is 6.14. The first-order valence-electron chi connectivity index (χ1n) is 7.48. The average molecular weight is 355 g/mol. The number of halogens is 1. The van der Waals surface area contributed by atoms with Gasteiger partial charge in [0.2, 0.25) is 0 Å². The van der Waals surface area contributed by atoms with Crippen LogP contribution in [0.5, 0.6) is 0 Å². The highest BCUT2D eigenvalue weighted by molar-refractivity contribution is 9.10. The van der Waals surface area contributed by atoms with Crippen molar-refractivity contribution in [3.8, 4) is 0 Å². The number of allylic oxidation sites excluding steroid dienone is 1. The standard InChI is InChI=1S/C15H23BrN4O/c1-4-7-20-15(21)14(16)13(9-18-20)19-10-11(5-2)17-8-12(19)6-3/h4,9,11-12,17H,1,5-8,10H2,2-3H3. The molecule has 0 amide bonds. The maximum absolute atomic E-state index is 12.3. The number of aromatic nitrogens is 2. The van der Waals surface area contributed by atoms with E-state index < -0.39 is 0 Å². The van der Waals surface area contributed by atoms with Gasteiger partial charge < -0.3 is 10.2 Å². The smallest absolute Gasteiger partial charge is 0.283 e. The molecule has 0 spiro atoms. The third kappa shape index (κ3) is 3.37. The molecule has 1 saturated heterocycles. The lowest BCUT2D eigenvalue weighted by atomic mass is 10.0. The first-order chi connectivity index (χ1) is 10.1. The summed E-state index contributed by atoms with van der Waals surface area (Å²) in [4.78, 5) is 14.6. The summed E-state index contributed by atoms with van der Waals surface area (Å²) in [6.07, 6.45) is 5.57. The van der Waals surface area contributed by atoms with Crippen LogP contribution in [0, 0.1) is 0 Å². The molecule has 1 fully saturated rings. The van der Waals surface area contributed by atoms with Gasteiger partial charge in [0.25, 0.3) is 5.56 Å². The van der Waals surface area contributed by atoms with Crippen LogP contribution in [0.3, 0.4) is 0 Å². The van der Waals surface area contributed by atoms with Gasteiger partial charge in [-0.1, -0.05) is 19.9 Å². The van der Waals surface area contributed by atoms with Crippen LogP contribution in [0.15, 0.2) is 28.1 Å². The summed E-state index contributed by atoms with van der Waals surface area (Å²) < 4.78 is 2.01. The zero-order valence-electron chi connectivity index (χ0n) is 12.7. The molecule has 2 heterocycles. The first kappa shape index (κ1) is 16.2. The van der Waals surface area contributed by atoms with E-state index >= 15 is 0 Å². The van der Waals surface area contributed by atoms with Gasteiger partial charge in [-0.15, -0.1) is 6.58 Å². The van der Waals surface area contributed by atoms with Gasteiger partial charge in [-0.05, 0) is 28.8 Å². The Morgan fingerprint density at radius 1 is 1.52 bits per heavy atom. The number of rotatable bonds is 5. The molecule has 0 aliphatic carbocycles. The molecule has 2 unspecified atom stereocenters. The molecule has 2 rings (SSSR count). The van der Waals surface area contributed by atoms with Gasteiger partial charge in [-0.25, -0.2) is 4.68 Å². The minimum atomic E-state index is -0.103. The predicted octanol–water partition coefficient (Wildman–Crippen LogP) is 2.16. The van der Waals surface area contributed by atoms with Gasteiger partial charge in [0.1, 0.15) is 4.47 Å². The lowest BCUT2D eigenvalue weighted by Gasteiger charge is -2.41. The van der Waals surface area contributed by atoms with Gasteiger partial charge in [0.15, 0.2) is 0 Å². The van der Waals surface area contributed by atoms with E-state index in [0.717, 1.165) is 31.6 Å². The van der Waals surface area contributed by atoms with Gasteiger partial charge in [-0.3, -0.25) is 4.79 Å². The maximum atomic E-state index is 12.3. The summed E-state index contributed by atoms with van der Waals surface area (Å²) in [6, 6.07) is 0.843. The highest BCUT2D eigenvalue weighted by atomic mass is 79.9. The molecule has 6 heteroatoms. The SMILES string of the molecule is C=CCn1ncc(N2CC(CC)NCC2CC)c(Br)c1=O. The van der Waals surface area contributed by atoms with Crippen molar-refractivity contribution in [3.63, 3.8) is 0 Å². The molecular formula is C15H23BrN4O. The maximum Gasteiger partial charge on any atom is 0.283 e. The number of nitrogens with one attached hydrogen (secondary N) is 1. The quantitative estimate of drug-likeness (QED) is 0.823. The Kier molecular flexibility index (Phi) is 5.58. The summed E-state index contributed by atoms with van der Waals surface area (Å²) in [5.41, 5.74) is 0.793. The topological polar surface area (TPSA) is 50.2 Å². The minimum Gasteiger partial charge on any atom is -0.363 e. The van der Waals surface area contributed by atoms with E-state index in [1.54, 1.807) is 12.3 Å². The average Bonchev–Trinajstić information content (AvgIpc) is 2.51. The Balaban J connectivity index is 2.36. The molecule has 0 saturated carbocycles. The Morgan fingerprint density at radius 2 is 2.29 bits per heavy atom. The van der Waals surface area contributed by atoms with Crippen LogP contribution in [0.4, 0.5) is 5.69 Å². The normalized spacial score (nSPS) is 22.3. The van der Waals surface area contributed by atoms with Crippen LogP contribution in [0.25, 0.3) is 0 Å². The molecule has 1 aliphatic rings. The van der Waals surface area contributed by atoms with Crippen molar-refractivity contribution in [2.45, 2.75) is 45.3 Å². The zero-order valence-corrected chi connectivity index (χ0v) is 14.3. The molecule has 1 aliphatic heterocycles. The first-order valence-corrected chi connectivity index (χ1v) is 8.28. The molecule has 2 atom stereocenters. The summed E-state index contributed by atoms with van der Waals surface area (Å²) in [6.45, 7) is 10.3. The molecule has 1 aromatic rings. The molecule has 116 valence electrons. The fourth-order valence-corrected chi connectivity index (χ4v) is 3.24. The van der Waals surface area contributed by atoms with E-state index in [2.05, 4.69) is 51.7 Å². The molecule has 1 N–H and O–H groups in total. The molecule has 0 radical (unpaired) electrons. The van der Waals surface area contributed by atoms with Gasteiger partial charge in [0, 0.05) is 25.2 Å². The van der Waals surface area contributed by atoms with E-state index in [-0.39, 0.29) is 5.56 Å². The molecule has 5 nitrogen and oxygen atoms in total. The predicted molar refractivity (Wildman–Crippen MR) is 89.9 cm³/mol. The van der Waals surface area contributed by atoms with Crippen LogP contribution in [0.1, 0.15) is 26.7 Å². The fraction of sp³-hybridized carbons (Fsp3) is 0.600. The zero-order chi connectivity index (χ0) is 15.4. The van der Waals surface area contributed by atoms with Crippen molar-refractivity contribution in [2.75, 3.05) is 18.0 Å². The molecule has 1 aromatic heterocycles. The highest BCUT2D eigenvalue weighted by Gasteiger charge is 2.28. The number of piperazine rings is 1. The lowest BCUT2D eigenvalue weighted by molar-refractivity contribution is 0.377. The van der Waals surface area contributed by atoms with Crippen molar-refractivity contribution < 1.29 is 0 Å². The fourth-order valence-electron chi connectivity index (χ4n) is 2.71. The van der Waals surface area contributed by atoms with E-state index in [0.29, 0.717) is 23.1 Å². The third-order valence-corrected chi connectivity index (χ3v) is 4.79. The van der Waals surface area contributed by atoms with E-state index in [9.17, 15) is 4.79 Å². The monoisotopic (exact) mass is 354 g/mol. The van der Waals surface area contributed by atoms with Gasteiger partial charge in [0.05, 0.1) is 18.4 Å². The number of hydrogen-bond donors (Lipinski definition) is 1. The van der Waals surface area contributed by atoms with Crippen LogP contribution in [-0.4, -0.2) is 35.0 Å². The van der Waals surface area contributed by atoms with Crippen molar-refractivity contribution in [2.24, 2.45) is 0 Å². The lowest BCUT2D eigenvalue weighted by Crippen LogP contribution is -2.56. The van der Waals surface area contributed by atoms with Crippen molar-refractivity contribution >= 4 is 21.6 Å². The van der Waals surface area contributed by atoms with E-state index in [1.165, 1.54) is 4.68 Å². The Bertz CT molecular complexity index is 557. The van der Waals surface area contributed by atoms with Crippen LogP contribution < -0.4 is 15.8 Å². The van der Waals surface area contributed by atoms with Crippen molar-refractivity contribution in [1.29, 1.82) is 0 Å². The Hall–Kier alpha value is -1.14. The molecule has 0 bridgehead atoms. The van der Waals surface area contributed by atoms with Crippen LogP contribution in [-0.2, 0) is 6.54 Å². The molecular weight excluding hydrogens is 332 g/mol. The molecule has 0 aromatic carbocycles. The second-order valence-electron chi connectivity index (χ2n) is 5.35. The van der Waals surface area contributed by atoms with Crippen molar-refractivity contribution in [1.82, 2.24) is 15.1 Å². The third-order valence-electron chi connectivity index (χ3n) is 4.04. The molecule has 21 heavy (non-hydrogen) atoms. The summed E-state index contributed by atoms with van der Waals surface area (Å²) >= 11 is 3.47. The highest BCUT2D eigenvalue weighted by Crippen LogP contribution is 2.26. The minimum absolute atomic E-state index is 0.103. The summed E-state index contributed by atoms with van der Waals surface area (Å²) in [5.74, 6) is 0. The number of hydrogen-bond acceptors (Lipinski definition) is 4. The second kappa shape index (κ2) is 7.22.